The van der Waals surface area contributed by atoms with Crippen molar-refractivity contribution >= 4 is 15.9 Å². The lowest BCUT2D eigenvalue weighted by Gasteiger charge is -2.14. The third-order valence-corrected chi connectivity index (χ3v) is 3.31. The van der Waals surface area contributed by atoms with E-state index in [1.807, 2.05) is 0 Å². The van der Waals surface area contributed by atoms with Crippen LogP contribution < -0.4 is 5.32 Å². The number of benzene rings is 1. The van der Waals surface area contributed by atoms with Crippen LogP contribution in [-0.2, 0) is 0 Å². The van der Waals surface area contributed by atoms with Gasteiger partial charge >= 0.3 is 0 Å². The molecule has 16 heavy (non-hydrogen) atoms. The van der Waals surface area contributed by atoms with Crippen LogP contribution in [0.5, 0.6) is 0 Å². The predicted octanol–water partition coefficient (Wildman–Crippen LogP) is 4.54. The van der Waals surface area contributed by atoms with Gasteiger partial charge in [-0.05, 0) is 49.9 Å². The quantitative estimate of drug-likeness (QED) is 0.756. The van der Waals surface area contributed by atoms with Crippen molar-refractivity contribution in [3.8, 4) is 0 Å². The number of rotatable bonds is 6. The average Bonchev–Trinajstić information content (AvgIpc) is 2.25. The number of halogens is 1. The van der Waals surface area contributed by atoms with Crippen molar-refractivity contribution < 1.29 is 0 Å². The van der Waals surface area contributed by atoms with E-state index in [-0.39, 0.29) is 0 Å². The minimum absolute atomic E-state index is 0.445. The van der Waals surface area contributed by atoms with Gasteiger partial charge in [0.1, 0.15) is 0 Å². The second kappa shape index (κ2) is 7.08. The molecule has 0 amide bonds. The zero-order valence-corrected chi connectivity index (χ0v) is 12.0. The van der Waals surface area contributed by atoms with E-state index in [9.17, 15) is 0 Å². The molecule has 0 unspecified atom stereocenters. The SMILES string of the molecule is CC(C)CCCN[C@H](C)c1ccc(Br)cc1. The average molecular weight is 284 g/mol. The molecule has 0 spiro atoms. The molecule has 0 aromatic heterocycles. The van der Waals surface area contributed by atoms with Gasteiger partial charge in [0, 0.05) is 10.5 Å². The Labute approximate surface area is 108 Å². The molecule has 0 aliphatic rings. The molecule has 0 radical (unpaired) electrons. The molecule has 0 aliphatic carbocycles. The van der Waals surface area contributed by atoms with Crippen molar-refractivity contribution in [2.75, 3.05) is 6.54 Å². The van der Waals surface area contributed by atoms with Crippen LogP contribution in [0.25, 0.3) is 0 Å². The highest BCUT2D eigenvalue weighted by Crippen LogP contribution is 2.16. The third kappa shape index (κ3) is 5.13. The maximum absolute atomic E-state index is 3.56. The Balaban J connectivity index is 2.29. The first-order valence-electron chi connectivity index (χ1n) is 6.08. The first-order valence-corrected chi connectivity index (χ1v) is 6.87. The van der Waals surface area contributed by atoms with Gasteiger partial charge in [0.15, 0.2) is 0 Å². The molecule has 1 atom stereocenters. The normalized spacial score (nSPS) is 13.1. The molecule has 0 aliphatic heterocycles. The maximum Gasteiger partial charge on any atom is 0.0291 e. The van der Waals surface area contributed by atoms with E-state index in [0.29, 0.717) is 6.04 Å². The highest BCUT2D eigenvalue weighted by Gasteiger charge is 2.03. The smallest absolute Gasteiger partial charge is 0.0291 e. The molecule has 0 fully saturated rings. The molecule has 0 saturated carbocycles. The monoisotopic (exact) mass is 283 g/mol. The predicted molar refractivity (Wildman–Crippen MR) is 74.6 cm³/mol. The van der Waals surface area contributed by atoms with Crippen molar-refractivity contribution in [3.63, 3.8) is 0 Å². The van der Waals surface area contributed by atoms with Crippen LogP contribution in [0.2, 0.25) is 0 Å². The largest absolute Gasteiger partial charge is 0.310 e. The molecule has 1 N–H and O–H groups in total. The number of nitrogens with one attached hydrogen (secondary N) is 1. The highest BCUT2D eigenvalue weighted by atomic mass is 79.9. The standard InChI is InChI=1S/C14H22BrN/c1-11(2)5-4-10-16-12(3)13-6-8-14(15)9-7-13/h6-9,11-12,16H,4-5,10H2,1-3H3/t12-/m1/s1. The summed E-state index contributed by atoms with van der Waals surface area (Å²) in [6, 6.07) is 8.98. The summed E-state index contributed by atoms with van der Waals surface area (Å²) >= 11 is 3.45. The van der Waals surface area contributed by atoms with Crippen LogP contribution >= 0.6 is 15.9 Å². The van der Waals surface area contributed by atoms with Crippen molar-refractivity contribution in [2.45, 2.75) is 39.7 Å². The van der Waals surface area contributed by atoms with Gasteiger partial charge in [-0.25, -0.2) is 0 Å². The van der Waals surface area contributed by atoms with Gasteiger partial charge in [-0.3, -0.25) is 0 Å². The Morgan fingerprint density at radius 3 is 2.31 bits per heavy atom. The zero-order chi connectivity index (χ0) is 12.0. The Hall–Kier alpha value is -0.340. The van der Waals surface area contributed by atoms with Gasteiger partial charge in [0.25, 0.3) is 0 Å². The minimum atomic E-state index is 0.445. The van der Waals surface area contributed by atoms with E-state index >= 15 is 0 Å². The van der Waals surface area contributed by atoms with Crippen LogP contribution in [0.4, 0.5) is 0 Å². The molecular formula is C14H22BrN. The van der Waals surface area contributed by atoms with Gasteiger partial charge in [0.2, 0.25) is 0 Å². The lowest BCUT2D eigenvalue weighted by molar-refractivity contribution is 0.497. The molecule has 0 bridgehead atoms. The number of hydrogen-bond acceptors (Lipinski definition) is 1. The first-order chi connectivity index (χ1) is 7.59. The maximum atomic E-state index is 3.56. The molecular weight excluding hydrogens is 262 g/mol. The van der Waals surface area contributed by atoms with Crippen LogP contribution in [0, 0.1) is 5.92 Å². The fourth-order valence-electron chi connectivity index (χ4n) is 1.70. The van der Waals surface area contributed by atoms with E-state index in [4.69, 9.17) is 0 Å². The summed E-state index contributed by atoms with van der Waals surface area (Å²) in [5.74, 6) is 0.810. The van der Waals surface area contributed by atoms with Crippen molar-refractivity contribution in [1.82, 2.24) is 5.32 Å². The summed E-state index contributed by atoms with van der Waals surface area (Å²) in [6.07, 6.45) is 2.57. The second-order valence-corrected chi connectivity index (χ2v) is 5.68. The molecule has 1 rings (SSSR count). The zero-order valence-electron chi connectivity index (χ0n) is 10.5. The molecule has 2 heteroatoms. The van der Waals surface area contributed by atoms with E-state index in [0.717, 1.165) is 16.9 Å². The summed E-state index contributed by atoms with van der Waals surface area (Å²) in [5, 5.41) is 3.56. The minimum Gasteiger partial charge on any atom is -0.310 e. The van der Waals surface area contributed by atoms with E-state index in [2.05, 4.69) is 66.3 Å². The molecule has 1 nitrogen and oxygen atoms in total. The lowest BCUT2D eigenvalue weighted by Crippen LogP contribution is -2.20. The lowest BCUT2D eigenvalue weighted by atomic mass is 10.1. The van der Waals surface area contributed by atoms with Crippen molar-refractivity contribution in [2.24, 2.45) is 5.92 Å². The van der Waals surface area contributed by atoms with E-state index in [1.54, 1.807) is 0 Å². The third-order valence-electron chi connectivity index (χ3n) is 2.78. The van der Waals surface area contributed by atoms with E-state index < -0.39 is 0 Å². The highest BCUT2D eigenvalue weighted by molar-refractivity contribution is 9.10. The summed E-state index contributed by atoms with van der Waals surface area (Å²) in [7, 11) is 0. The van der Waals surface area contributed by atoms with Gasteiger partial charge in [-0.1, -0.05) is 41.9 Å². The number of hydrogen-bond donors (Lipinski definition) is 1. The van der Waals surface area contributed by atoms with Gasteiger partial charge in [-0.2, -0.15) is 0 Å². The van der Waals surface area contributed by atoms with Crippen LogP contribution in [0.15, 0.2) is 28.7 Å². The molecule has 1 aromatic carbocycles. The van der Waals surface area contributed by atoms with Crippen LogP contribution in [-0.4, -0.2) is 6.54 Å². The van der Waals surface area contributed by atoms with Crippen molar-refractivity contribution in [3.05, 3.63) is 34.3 Å². The summed E-state index contributed by atoms with van der Waals surface area (Å²) in [6.45, 7) is 7.88. The van der Waals surface area contributed by atoms with Crippen LogP contribution in [0.1, 0.15) is 45.2 Å². The molecule has 0 saturated heterocycles. The van der Waals surface area contributed by atoms with Crippen LogP contribution in [0.3, 0.4) is 0 Å². The molecule has 90 valence electrons. The van der Waals surface area contributed by atoms with Gasteiger partial charge in [0.05, 0.1) is 0 Å². The Morgan fingerprint density at radius 1 is 1.12 bits per heavy atom. The molecule has 0 heterocycles. The Kier molecular flexibility index (Phi) is 6.07. The Morgan fingerprint density at radius 2 is 1.75 bits per heavy atom. The van der Waals surface area contributed by atoms with Crippen molar-refractivity contribution in [1.29, 1.82) is 0 Å². The Bertz CT molecular complexity index is 292. The fourth-order valence-corrected chi connectivity index (χ4v) is 1.96. The second-order valence-electron chi connectivity index (χ2n) is 4.76. The summed E-state index contributed by atoms with van der Waals surface area (Å²) in [4.78, 5) is 0. The molecule has 1 aromatic rings. The topological polar surface area (TPSA) is 12.0 Å². The van der Waals surface area contributed by atoms with E-state index in [1.165, 1.54) is 18.4 Å². The van der Waals surface area contributed by atoms with Gasteiger partial charge in [-0.15, -0.1) is 0 Å². The van der Waals surface area contributed by atoms with Gasteiger partial charge < -0.3 is 5.32 Å². The summed E-state index contributed by atoms with van der Waals surface area (Å²) in [5.41, 5.74) is 1.35. The summed E-state index contributed by atoms with van der Waals surface area (Å²) < 4.78 is 1.14. The fraction of sp³-hybridized carbons (Fsp3) is 0.571. The first kappa shape index (κ1) is 13.7.